The van der Waals surface area contributed by atoms with Gasteiger partial charge >= 0.3 is 0 Å². The van der Waals surface area contributed by atoms with Crippen LogP contribution in [-0.4, -0.2) is 40.5 Å². The number of hydrogen-bond donors (Lipinski definition) is 2. The maximum absolute atomic E-state index is 8.86. The molecule has 1 aromatic heterocycles. The molecule has 2 aromatic rings. The zero-order chi connectivity index (χ0) is 14.5. The average molecular weight is 391 g/mol. The maximum Gasteiger partial charge on any atom is 0.0991 e. The molecule has 24 heavy (non-hydrogen) atoms. The van der Waals surface area contributed by atoms with Gasteiger partial charge in [0.25, 0.3) is 0 Å². The van der Waals surface area contributed by atoms with Crippen LogP contribution in [0.1, 0.15) is 16.8 Å². The third-order valence-electron chi connectivity index (χ3n) is 3.95. The fourth-order valence-corrected chi connectivity index (χ4v) is 2.79. The van der Waals surface area contributed by atoms with Crippen molar-refractivity contribution in [3.8, 4) is 6.07 Å². The number of halogens is 3. The Balaban J connectivity index is 0.00000176. The van der Waals surface area contributed by atoms with Crippen molar-refractivity contribution >= 4 is 37.2 Å². The van der Waals surface area contributed by atoms with Gasteiger partial charge in [0.15, 0.2) is 0 Å². The minimum Gasteiger partial charge on any atom is -0.347 e. The smallest absolute Gasteiger partial charge is 0.0991 e. The molecule has 0 amide bonds. The van der Waals surface area contributed by atoms with Gasteiger partial charge in [0, 0.05) is 44.1 Å². The highest BCUT2D eigenvalue weighted by molar-refractivity contribution is 5.86. The van der Waals surface area contributed by atoms with E-state index in [1.807, 2.05) is 18.3 Å². The van der Waals surface area contributed by atoms with Crippen molar-refractivity contribution in [1.82, 2.24) is 20.2 Å². The van der Waals surface area contributed by atoms with Crippen LogP contribution in [0.4, 0.5) is 0 Å². The molecule has 0 bridgehead atoms. The van der Waals surface area contributed by atoms with Crippen molar-refractivity contribution in [2.45, 2.75) is 19.0 Å². The summed E-state index contributed by atoms with van der Waals surface area (Å²) >= 11 is 0. The summed E-state index contributed by atoms with van der Waals surface area (Å²) < 4.78 is 0. The first-order chi connectivity index (χ1) is 10.3. The minimum absolute atomic E-state index is 0. The number of H-pyrrole nitrogens is 1. The molecular formula is C16H22Cl3N5. The van der Waals surface area contributed by atoms with Crippen molar-refractivity contribution < 1.29 is 0 Å². The molecule has 5 nitrogen and oxygen atoms in total. The average Bonchev–Trinajstić information content (AvgIpc) is 3.03. The van der Waals surface area contributed by atoms with Crippen LogP contribution < -0.4 is 5.32 Å². The molecule has 0 spiro atoms. The second kappa shape index (κ2) is 11.3. The van der Waals surface area contributed by atoms with E-state index in [4.69, 9.17) is 5.26 Å². The Labute approximate surface area is 161 Å². The van der Waals surface area contributed by atoms with Gasteiger partial charge in [-0.05, 0) is 24.1 Å². The van der Waals surface area contributed by atoms with Crippen LogP contribution in [0.3, 0.4) is 0 Å². The molecule has 2 heterocycles. The van der Waals surface area contributed by atoms with Gasteiger partial charge in [0.05, 0.1) is 18.0 Å². The third-order valence-corrected chi connectivity index (χ3v) is 3.95. The van der Waals surface area contributed by atoms with Crippen molar-refractivity contribution in [2.75, 3.05) is 19.6 Å². The molecule has 1 aromatic carbocycles. The SMILES string of the molecule is Cl.Cl.Cl.N#Cc1ccc(CC2CNCCN2Cc2cnc[nH]2)cc1. The number of aromatic amines is 1. The van der Waals surface area contributed by atoms with E-state index >= 15 is 0 Å². The number of piperazine rings is 1. The minimum atomic E-state index is 0. The molecule has 0 radical (unpaired) electrons. The van der Waals surface area contributed by atoms with Gasteiger partial charge < -0.3 is 10.3 Å². The van der Waals surface area contributed by atoms with Gasteiger partial charge in [-0.15, -0.1) is 37.2 Å². The summed E-state index contributed by atoms with van der Waals surface area (Å²) in [7, 11) is 0. The number of nitrogens with zero attached hydrogens (tertiary/aromatic N) is 3. The summed E-state index contributed by atoms with van der Waals surface area (Å²) in [5.74, 6) is 0. The summed E-state index contributed by atoms with van der Waals surface area (Å²) in [6.45, 7) is 3.97. The largest absolute Gasteiger partial charge is 0.347 e. The molecule has 1 aliphatic heterocycles. The second-order valence-electron chi connectivity index (χ2n) is 5.42. The lowest BCUT2D eigenvalue weighted by atomic mass is 10.0. The Hall–Kier alpha value is -1.29. The zero-order valence-electron chi connectivity index (χ0n) is 13.1. The van der Waals surface area contributed by atoms with E-state index in [2.05, 4.69) is 38.4 Å². The molecular weight excluding hydrogens is 369 g/mol. The highest BCUT2D eigenvalue weighted by atomic mass is 35.5. The second-order valence-corrected chi connectivity index (χ2v) is 5.42. The van der Waals surface area contributed by atoms with Crippen molar-refractivity contribution in [3.05, 3.63) is 53.6 Å². The van der Waals surface area contributed by atoms with Crippen LogP contribution in [0.5, 0.6) is 0 Å². The maximum atomic E-state index is 8.86. The predicted molar refractivity (Wildman–Crippen MR) is 102 cm³/mol. The highest BCUT2D eigenvalue weighted by Crippen LogP contribution is 2.14. The summed E-state index contributed by atoms with van der Waals surface area (Å²) in [4.78, 5) is 9.75. The highest BCUT2D eigenvalue weighted by Gasteiger charge is 2.22. The van der Waals surface area contributed by atoms with Crippen LogP contribution in [0.15, 0.2) is 36.8 Å². The van der Waals surface area contributed by atoms with Crippen LogP contribution in [0.2, 0.25) is 0 Å². The molecule has 3 rings (SSSR count). The van der Waals surface area contributed by atoms with E-state index in [-0.39, 0.29) is 37.2 Å². The van der Waals surface area contributed by atoms with E-state index in [1.165, 1.54) is 5.56 Å². The number of aromatic nitrogens is 2. The Morgan fingerprint density at radius 2 is 1.96 bits per heavy atom. The van der Waals surface area contributed by atoms with E-state index < -0.39 is 0 Å². The molecule has 8 heteroatoms. The van der Waals surface area contributed by atoms with E-state index in [1.54, 1.807) is 6.33 Å². The molecule has 2 N–H and O–H groups in total. The zero-order valence-corrected chi connectivity index (χ0v) is 15.6. The van der Waals surface area contributed by atoms with Gasteiger partial charge in [-0.1, -0.05) is 12.1 Å². The summed E-state index contributed by atoms with van der Waals surface area (Å²) in [6, 6.07) is 10.5. The molecule has 132 valence electrons. The summed E-state index contributed by atoms with van der Waals surface area (Å²) in [5.41, 5.74) is 3.15. The number of nitriles is 1. The Kier molecular flexibility index (Phi) is 10.7. The van der Waals surface area contributed by atoms with Crippen LogP contribution in [0, 0.1) is 11.3 Å². The first-order valence-electron chi connectivity index (χ1n) is 7.26. The lowest BCUT2D eigenvalue weighted by Gasteiger charge is -2.36. The number of rotatable bonds is 4. The normalized spacial score (nSPS) is 16.9. The third kappa shape index (κ3) is 5.97. The molecule has 1 saturated heterocycles. The van der Waals surface area contributed by atoms with E-state index in [9.17, 15) is 0 Å². The summed E-state index contributed by atoms with van der Waals surface area (Å²) in [6.07, 6.45) is 4.61. The van der Waals surface area contributed by atoms with Crippen LogP contribution in [0.25, 0.3) is 0 Å². The van der Waals surface area contributed by atoms with E-state index in [0.29, 0.717) is 6.04 Å². The fourth-order valence-electron chi connectivity index (χ4n) is 2.79. The van der Waals surface area contributed by atoms with Crippen LogP contribution >= 0.6 is 37.2 Å². The number of nitrogens with one attached hydrogen (secondary N) is 2. The monoisotopic (exact) mass is 389 g/mol. The molecule has 0 aliphatic carbocycles. The topological polar surface area (TPSA) is 67.7 Å². The molecule has 1 fully saturated rings. The van der Waals surface area contributed by atoms with Crippen molar-refractivity contribution in [1.29, 1.82) is 5.26 Å². The first kappa shape index (κ1) is 22.7. The lowest BCUT2D eigenvalue weighted by molar-refractivity contribution is 0.150. The number of imidazole rings is 1. The molecule has 1 aliphatic rings. The van der Waals surface area contributed by atoms with Gasteiger partial charge in [-0.3, -0.25) is 4.90 Å². The van der Waals surface area contributed by atoms with E-state index in [0.717, 1.165) is 43.9 Å². The first-order valence-corrected chi connectivity index (χ1v) is 7.26. The predicted octanol–water partition coefficient (Wildman–Crippen LogP) is 2.56. The number of hydrogen-bond acceptors (Lipinski definition) is 4. The van der Waals surface area contributed by atoms with Crippen molar-refractivity contribution in [3.63, 3.8) is 0 Å². The van der Waals surface area contributed by atoms with Gasteiger partial charge in [-0.25, -0.2) is 4.98 Å². The molecule has 0 saturated carbocycles. The van der Waals surface area contributed by atoms with Crippen LogP contribution in [-0.2, 0) is 13.0 Å². The lowest BCUT2D eigenvalue weighted by Crippen LogP contribution is -2.51. The quantitative estimate of drug-likeness (QED) is 0.842. The Morgan fingerprint density at radius 3 is 2.58 bits per heavy atom. The fraction of sp³-hybridized carbons (Fsp3) is 0.375. The molecule has 1 atom stereocenters. The standard InChI is InChI=1S/C16H19N5.3ClH/c17-8-14-3-1-13(2-4-14)7-16-10-18-5-6-21(16)11-15-9-19-12-20-15;;;/h1-4,9,12,16,18H,5-7,10-11H2,(H,19,20);3*1H. The van der Waals surface area contributed by atoms with Gasteiger partial charge in [-0.2, -0.15) is 5.26 Å². The molecule has 1 unspecified atom stereocenters. The summed E-state index contributed by atoms with van der Waals surface area (Å²) in [5, 5.41) is 12.3. The Bertz CT molecular complexity index is 610. The van der Waals surface area contributed by atoms with Crippen molar-refractivity contribution in [2.24, 2.45) is 0 Å². The Morgan fingerprint density at radius 1 is 1.21 bits per heavy atom. The number of benzene rings is 1. The van der Waals surface area contributed by atoms with Gasteiger partial charge in [0.1, 0.15) is 0 Å². The van der Waals surface area contributed by atoms with Gasteiger partial charge in [0.2, 0.25) is 0 Å².